The first-order valence-electron chi connectivity index (χ1n) is 6.52. The average Bonchev–Trinajstić information content (AvgIpc) is 3.12. The highest BCUT2D eigenvalue weighted by Gasteiger charge is 2.28. The molecule has 1 saturated heterocycles. The zero-order chi connectivity index (χ0) is 11.8. The summed E-state index contributed by atoms with van der Waals surface area (Å²) in [5.41, 5.74) is 0. The Morgan fingerprint density at radius 2 is 2.12 bits per heavy atom. The highest BCUT2D eigenvalue weighted by Crippen LogP contribution is 2.39. The maximum absolute atomic E-state index is 6.10. The maximum Gasteiger partial charge on any atom is 0.135 e. The van der Waals surface area contributed by atoms with E-state index in [0.29, 0.717) is 11.1 Å². The van der Waals surface area contributed by atoms with Crippen LogP contribution in [0.1, 0.15) is 44.3 Å². The summed E-state index contributed by atoms with van der Waals surface area (Å²) in [5.74, 6) is 3.29. The van der Waals surface area contributed by atoms with Crippen LogP contribution in [0.25, 0.3) is 0 Å². The first kappa shape index (κ1) is 11.3. The van der Waals surface area contributed by atoms with E-state index in [4.69, 9.17) is 11.6 Å². The number of hydrogen-bond acceptors (Lipinski definition) is 3. The number of halogens is 1. The lowest BCUT2D eigenvalue weighted by Crippen LogP contribution is -2.35. The van der Waals surface area contributed by atoms with Crippen molar-refractivity contribution in [3.05, 3.63) is 17.0 Å². The van der Waals surface area contributed by atoms with Gasteiger partial charge < -0.3 is 4.90 Å². The summed E-state index contributed by atoms with van der Waals surface area (Å²) in [5, 5.41) is 0.593. The molecule has 0 amide bonds. The Morgan fingerprint density at radius 1 is 1.29 bits per heavy atom. The van der Waals surface area contributed by atoms with Gasteiger partial charge in [-0.2, -0.15) is 0 Å². The Kier molecular flexibility index (Phi) is 2.95. The van der Waals surface area contributed by atoms with Crippen LogP contribution in [0.5, 0.6) is 0 Å². The Balaban J connectivity index is 1.85. The molecular weight excluding hydrogens is 234 g/mol. The minimum Gasteiger partial charge on any atom is -0.356 e. The Morgan fingerprint density at radius 3 is 2.82 bits per heavy atom. The van der Waals surface area contributed by atoms with Gasteiger partial charge in [0, 0.05) is 25.1 Å². The SMILES string of the molecule is CC1CCCN(c2cc(Cl)nc(C3CC3)n2)C1. The molecule has 0 bridgehead atoms. The lowest BCUT2D eigenvalue weighted by Gasteiger charge is -2.32. The second-order valence-corrected chi connectivity index (χ2v) is 5.76. The van der Waals surface area contributed by atoms with Crippen LogP contribution < -0.4 is 4.90 Å². The van der Waals surface area contributed by atoms with Gasteiger partial charge in [-0.25, -0.2) is 9.97 Å². The van der Waals surface area contributed by atoms with E-state index < -0.39 is 0 Å². The maximum atomic E-state index is 6.10. The second-order valence-electron chi connectivity index (χ2n) is 5.37. The van der Waals surface area contributed by atoms with Crippen molar-refractivity contribution in [3.8, 4) is 0 Å². The molecule has 3 nitrogen and oxygen atoms in total. The van der Waals surface area contributed by atoms with Crippen molar-refractivity contribution in [1.82, 2.24) is 9.97 Å². The highest BCUT2D eigenvalue weighted by molar-refractivity contribution is 6.29. The molecule has 0 aromatic carbocycles. The largest absolute Gasteiger partial charge is 0.356 e. The molecule has 1 aliphatic carbocycles. The van der Waals surface area contributed by atoms with Gasteiger partial charge in [-0.3, -0.25) is 0 Å². The Bertz CT molecular complexity index is 417. The van der Waals surface area contributed by atoms with Gasteiger partial charge in [0.05, 0.1) is 0 Å². The van der Waals surface area contributed by atoms with E-state index in [1.165, 1.54) is 25.7 Å². The van der Waals surface area contributed by atoms with Crippen LogP contribution in [0.3, 0.4) is 0 Å². The molecule has 92 valence electrons. The molecule has 0 N–H and O–H groups in total. The standard InChI is InChI=1S/C13H18ClN3/c1-9-3-2-6-17(8-9)12-7-11(14)15-13(16-12)10-4-5-10/h7,9-10H,2-6,8H2,1H3. The van der Waals surface area contributed by atoms with Gasteiger partial charge in [-0.15, -0.1) is 0 Å². The zero-order valence-electron chi connectivity index (χ0n) is 10.2. The highest BCUT2D eigenvalue weighted by atomic mass is 35.5. The lowest BCUT2D eigenvalue weighted by molar-refractivity contribution is 0.444. The van der Waals surface area contributed by atoms with Crippen LogP contribution in [0.2, 0.25) is 5.15 Å². The predicted octanol–water partition coefficient (Wildman–Crippen LogP) is 3.24. The van der Waals surface area contributed by atoms with Gasteiger partial charge in [0.15, 0.2) is 0 Å². The van der Waals surface area contributed by atoms with Crippen LogP contribution in [-0.2, 0) is 0 Å². The molecule has 1 saturated carbocycles. The summed E-state index contributed by atoms with van der Waals surface area (Å²) in [4.78, 5) is 11.4. The van der Waals surface area contributed by atoms with Crippen molar-refractivity contribution < 1.29 is 0 Å². The summed E-state index contributed by atoms with van der Waals surface area (Å²) in [7, 11) is 0. The minimum absolute atomic E-state index is 0.565. The smallest absolute Gasteiger partial charge is 0.135 e. The summed E-state index contributed by atoms with van der Waals surface area (Å²) in [6.07, 6.45) is 5.01. The van der Waals surface area contributed by atoms with Crippen LogP contribution in [0.4, 0.5) is 5.82 Å². The molecule has 1 atom stereocenters. The monoisotopic (exact) mass is 251 g/mol. The molecule has 2 fully saturated rings. The number of piperidine rings is 1. The number of hydrogen-bond donors (Lipinski definition) is 0. The molecule has 17 heavy (non-hydrogen) atoms. The van der Waals surface area contributed by atoms with Crippen molar-refractivity contribution >= 4 is 17.4 Å². The van der Waals surface area contributed by atoms with E-state index in [1.807, 2.05) is 6.07 Å². The fourth-order valence-electron chi connectivity index (χ4n) is 2.51. The molecule has 1 aromatic heterocycles. The molecular formula is C13H18ClN3. The number of rotatable bonds is 2. The molecule has 1 aromatic rings. The Hall–Kier alpha value is -0.830. The van der Waals surface area contributed by atoms with Crippen molar-refractivity contribution in [1.29, 1.82) is 0 Å². The van der Waals surface area contributed by atoms with Crippen molar-refractivity contribution in [2.75, 3.05) is 18.0 Å². The van der Waals surface area contributed by atoms with Gasteiger partial charge in [0.1, 0.15) is 16.8 Å². The third-order valence-electron chi connectivity index (χ3n) is 3.62. The fourth-order valence-corrected chi connectivity index (χ4v) is 2.69. The topological polar surface area (TPSA) is 29.0 Å². The third kappa shape index (κ3) is 2.54. The molecule has 0 radical (unpaired) electrons. The normalized spacial score (nSPS) is 25.1. The summed E-state index contributed by atoms with van der Waals surface area (Å²) < 4.78 is 0. The molecule has 1 unspecified atom stereocenters. The Labute approximate surface area is 107 Å². The van der Waals surface area contributed by atoms with Crippen LogP contribution in [-0.4, -0.2) is 23.1 Å². The molecule has 1 aliphatic heterocycles. The number of anilines is 1. The van der Waals surface area contributed by atoms with E-state index >= 15 is 0 Å². The van der Waals surface area contributed by atoms with E-state index in [-0.39, 0.29) is 0 Å². The van der Waals surface area contributed by atoms with Gasteiger partial charge >= 0.3 is 0 Å². The summed E-state index contributed by atoms with van der Waals surface area (Å²) in [6, 6.07) is 1.91. The van der Waals surface area contributed by atoms with Gasteiger partial charge in [-0.1, -0.05) is 18.5 Å². The quantitative estimate of drug-likeness (QED) is 0.756. The van der Waals surface area contributed by atoms with Crippen molar-refractivity contribution in [3.63, 3.8) is 0 Å². The lowest BCUT2D eigenvalue weighted by atomic mass is 10.0. The van der Waals surface area contributed by atoms with E-state index in [1.54, 1.807) is 0 Å². The first-order chi connectivity index (χ1) is 8.22. The van der Waals surface area contributed by atoms with Crippen LogP contribution >= 0.6 is 11.6 Å². The van der Waals surface area contributed by atoms with E-state index in [2.05, 4.69) is 21.8 Å². The molecule has 2 heterocycles. The third-order valence-corrected chi connectivity index (χ3v) is 3.82. The molecule has 3 rings (SSSR count). The second kappa shape index (κ2) is 4.45. The van der Waals surface area contributed by atoms with Crippen LogP contribution in [0.15, 0.2) is 6.07 Å². The fraction of sp³-hybridized carbons (Fsp3) is 0.692. The molecule has 4 heteroatoms. The zero-order valence-corrected chi connectivity index (χ0v) is 11.0. The summed E-state index contributed by atoms with van der Waals surface area (Å²) in [6.45, 7) is 4.50. The van der Waals surface area contributed by atoms with Gasteiger partial charge in [0.2, 0.25) is 0 Å². The van der Waals surface area contributed by atoms with Gasteiger partial charge in [-0.05, 0) is 31.6 Å². The number of aromatic nitrogens is 2. The molecule has 2 aliphatic rings. The van der Waals surface area contributed by atoms with Crippen molar-refractivity contribution in [2.24, 2.45) is 5.92 Å². The van der Waals surface area contributed by atoms with E-state index in [9.17, 15) is 0 Å². The first-order valence-corrected chi connectivity index (χ1v) is 6.89. The van der Waals surface area contributed by atoms with Gasteiger partial charge in [0.25, 0.3) is 0 Å². The minimum atomic E-state index is 0.565. The van der Waals surface area contributed by atoms with Crippen molar-refractivity contribution in [2.45, 2.75) is 38.5 Å². The summed E-state index contributed by atoms with van der Waals surface area (Å²) >= 11 is 6.10. The number of nitrogens with zero attached hydrogens (tertiary/aromatic N) is 3. The van der Waals surface area contributed by atoms with E-state index in [0.717, 1.165) is 30.6 Å². The average molecular weight is 252 g/mol. The predicted molar refractivity (Wildman–Crippen MR) is 69.6 cm³/mol. The molecule has 0 spiro atoms. The van der Waals surface area contributed by atoms with Crippen LogP contribution in [0, 0.1) is 5.92 Å².